The Hall–Kier alpha value is -5.21. The van der Waals surface area contributed by atoms with E-state index in [2.05, 4.69) is 28.6 Å². The third kappa shape index (κ3) is 10.2. The molecule has 13 nitrogen and oxygen atoms in total. The molecule has 50 heavy (non-hydrogen) atoms. The van der Waals surface area contributed by atoms with Crippen molar-refractivity contribution in [2.75, 3.05) is 18.8 Å². The maximum absolute atomic E-state index is 14.1. The fourth-order valence-corrected chi connectivity index (χ4v) is 6.04. The van der Waals surface area contributed by atoms with Gasteiger partial charge in [0.1, 0.15) is 18.1 Å². The van der Waals surface area contributed by atoms with Gasteiger partial charge in [0.25, 0.3) is 5.91 Å². The molecule has 0 aromatic heterocycles. The molecule has 0 aliphatic carbocycles. The zero-order valence-electron chi connectivity index (χ0n) is 27.1. The summed E-state index contributed by atoms with van der Waals surface area (Å²) in [6.07, 6.45) is -1.77. The number of carbonyl (C=O) groups is 6. The van der Waals surface area contributed by atoms with Gasteiger partial charge < -0.3 is 36.2 Å². The number of hydrogen-bond donors (Lipinski definition) is 7. The molecule has 3 aromatic carbocycles. The Labute approximate surface area is 294 Å². The van der Waals surface area contributed by atoms with Gasteiger partial charge in [0.15, 0.2) is 6.10 Å². The smallest absolute Gasteiger partial charge is 0.335 e. The van der Waals surface area contributed by atoms with Crippen molar-refractivity contribution in [1.82, 2.24) is 20.9 Å². The highest BCUT2D eigenvalue weighted by Crippen LogP contribution is 2.33. The third-order valence-electron chi connectivity index (χ3n) is 8.51. The Morgan fingerprint density at radius 3 is 2.06 bits per heavy atom. The van der Waals surface area contributed by atoms with Gasteiger partial charge in [-0.2, -0.15) is 12.6 Å². The first kappa shape index (κ1) is 37.6. The average molecular weight is 705 g/mol. The predicted octanol–water partition coefficient (Wildman–Crippen LogP) is 1.93. The van der Waals surface area contributed by atoms with Crippen LogP contribution in [0.2, 0.25) is 0 Å². The molecule has 1 aliphatic rings. The standard InChI is InChI=1S/C36H40N4O9S/c41-30(42)16-15-27(38-34(46)31(43)24-9-5-2-6-10-24)35(47)40-20-26(23-7-3-1-4-8-23)19-29(40)33(45)39-28(21-50)32(44)37-18-17-22-11-13-25(14-12-22)36(48)49/h1-14,26-29,31,43,50H,15-21H2,(H,37,44)(H,38,46)(H,39,45)(H,41,42)(H,48,49)/t26-,27+,28+,29+,31+/m1/s1. The normalized spacial score (nSPS) is 17.2. The lowest BCUT2D eigenvalue weighted by atomic mass is 9.96. The number of aromatic carboxylic acids is 1. The second-order valence-corrected chi connectivity index (χ2v) is 12.3. The summed E-state index contributed by atoms with van der Waals surface area (Å²) in [4.78, 5) is 77.9. The molecule has 0 bridgehead atoms. The number of aliphatic hydroxyl groups excluding tert-OH is 1. The van der Waals surface area contributed by atoms with Gasteiger partial charge >= 0.3 is 11.9 Å². The first-order valence-corrected chi connectivity index (χ1v) is 16.7. The minimum absolute atomic E-state index is 0.0532. The van der Waals surface area contributed by atoms with Gasteiger partial charge in [-0.3, -0.25) is 24.0 Å². The summed E-state index contributed by atoms with van der Waals surface area (Å²) in [5.41, 5.74) is 2.09. The lowest BCUT2D eigenvalue weighted by Crippen LogP contribution is -2.57. The van der Waals surface area contributed by atoms with E-state index in [9.17, 15) is 39.0 Å². The zero-order chi connectivity index (χ0) is 36.2. The average Bonchev–Trinajstić information content (AvgIpc) is 3.58. The maximum atomic E-state index is 14.1. The van der Waals surface area contributed by atoms with Crippen LogP contribution in [0.3, 0.4) is 0 Å². The second kappa shape index (κ2) is 18.0. The van der Waals surface area contributed by atoms with E-state index in [1.807, 2.05) is 30.3 Å². The van der Waals surface area contributed by atoms with Gasteiger partial charge in [-0.15, -0.1) is 0 Å². The van der Waals surface area contributed by atoms with E-state index in [-0.39, 0.29) is 48.7 Å². The Balaban J connectivity index is 1.48. The van der Waals surface area contributed by atoms with Crippen molar-refractivity contribution in [1.29, 1.82) is 0 Å². The molecule has 4 amide bonds. The fraction of sp³-hybridized carbons (Fsp3) is 0.333. The number of nitrogens with zero attached hydrogens (tertiary/aromatic N) is 1. The van der Waals surface area contributed by atoms with E-state index in [0.29, 0.717) is 6.42 Å². The largest absolute Gasteiger partial charge is 0.481 e. The minimum atomic E-state index is -1.62. The minimum Gasteiger partial charge on any atom is -0.481 e. The van der Waals surface area contributed by atoms with E-state index in [0.717, 1.165) is 11.1 Å². The van der Waals surface area contributed by atoms with E-state index in [4.69, 9.17) is 5.11 Å². The summed E-state index contributed by atoms with van der Waals surface area (Å²) >= 11 is 4.26. The number of aliphatic hydroxyl groups is 1. The Morgan fingerprint density at radius 2 is 1.46 bits per heavy atom. The van der Waals surface area contributed by atoms with Crippen LogP contribution in [0.1, 0.15) is 58.3 Å². The van der Waals surface area contributed by atoms with E-state index >= 15 is 0 Å². The lowest BCUT2D eigenvalue weighted by molar-refractivity contribution is -0.144. The van der Waals surface area contributed by atoms with Crippen LogP contribution in [-0.2, 0) is 30.4 Å². The van der Waals surface area contributed by atoms with Gasteiger partial charge in [0.2, 0.25) is 17.7 Å². The molecular weight excluding hydrogens is 664 g/mol. The molecule has 264 valence electrons. The molecule has 1 saturated heterocycles. The van der Waals surface area contributed by atoms with Crippen LogP contribution in [0, 0.1) is 0 Å². The SMILES string of the molecule is O=C(O)CC[C@H](NC(=O)[C@@H](O)c1ccccc1)C(=O)N1C[C@H](c2ccccc2)C[C@H]1C(=O)N[C@@H](CS)C(=O)NCCc1ccc(C(=O)O)cc1. The van der Waals surface area contributed by atoms with Crippen LogP contribution in [0.5, 0.6) is 0 Å². The van der Waals surface area contributed by atoms with Gasteiger partial charge in [-0.25, -0.2) is 4.79 Å². The molecule has 1 aliphatic heterocycles. The molecular formula is C36H40N4O9S. The van der Waals surface area contributed by atoms with Gasteiger partial charge in [-0.1, -0.05) is 72.8 Å². The Kier molecular flexibility index (Phi) is 13.5. The lowest BCUT2D eigenvalue weighted by Gasteiger charge is -2.30. The summed E-state index contributed by atoms with van der Waals surface area (Å²) in [6, 6.07) is 20.0. The molecule has 3 aromatic rings. The quantitative estimate of drug-likeness (QED) is 0.109. The van der Waals surface area contributed by atoms with Gasteiger partial charge in [0.05, 0.1) is 5.56 Å². The van der Waals surface area contributed by atoms with Crippen molar-refractivity contribution in [2.24, 2.45) is 0 Å². The third-order valence-corrected chi connectivity index (χ3v) is 8.88. The molecule has 0 spiro atoms. The van der Waals surface area contributed by atoms with E-state index in [1.54, 1.807) is 30.3 Å². The Bertz CT molecular complexity index is 1660. The molecule has 0 saturated carbocycles. The number of thiol groups is 1. The highest BCUT2D eigenvalue weighted by atomic mass is 32.1. The number of nitrogens with one attached hydrogen (secondary N) is 3. The van der Waals surface area contributed by atoms with Crippen molar-refractivity contribution in [3.63, 3.8) is 0 Å². The van der Waals surface area contributed by atoms with Gasteiger partial charge in [-0.05, 0) is 48.1 Å². The van der Waals surface area contributed by atoms with Crippen LogP contribution in [-0.4, -0.2) is 92.8 Å². The molecule has 5 atom stereocenters. The van der Waals surface area contributed by atoms with E-state index in [1.165, 1.54) is 29.2 Å². The summed E-state index contributed by atoms with van der Waals surface area (Å²) in [5.74, 6) is -5.30. The fourth-order valence-electron chi connectivity index (χ4n) is 5.79. The number of hydrogen-bond acceptors (Lipinski definition) is 8. The van der Waals surface area contributed by atoms with Crippen LogP contribution < -0.4 is 16.0 Å². The van der Waals surface area contributed by atoms with E-state index < -0.39 is 66.2 Å². The zero-order valence-corrected chi connectivity index (χ0v) is 28.0. The molecule has 0 radical (unpaired) electrons. The van der Waals surface area contributed by atoms with Crippen LogP contribution >= 0.6 is 12.6 Å². The van der Waals surface area contributed by atoms with Crippen LogP contribution in [0.4, 0.5) is 0 Å². The molecule has 14 heteroatoms. The molecule has 1 heterocycles. The number of aliphatic carboxylic acids is 1. The van der Waals surface area contributed by atoms with Crippen molar-refractivity contribution in [3.8, 4) is 0 Å². The summed E-state index contributed by atoms with van der Waals surface area (Å²) < 4.78 is 0. The topological polar surface area (TPSA) is 202 Å². The highest BCUT2D eigenvalue weighted by Gasteiger charge is 2.43. The van der Waals surface area contributed by atoms with Crippen molar-refractivity contribution < 1.29 is 44.1 Å². The van der Waals surface area contributed by atoms with Gasteiger partial charge in [0, 0.05) is 31.2 Å². The second-order valence-electron chi connectivity index (χ2n) is 11.9. The van der Waals surface area contributed by atoms with Crippen molar-refractivity contribution in [3.05, 3.63) is 107 Å². The van der Waals surface area contributed by atoms with Crippen LogP contribution in [0.25, 0.3) is 0 Å². The molecule has 1 fully saturated rings. The molecule has 4 rings (SSSR count). The number of carboxylic acid groups (broad SMARTS) is 2. The first-order valence-electron chi connectivity index (χ1n) is 16.1. The Morgan fingerprint density at radius 1 is 0.820 bits per heavy atom. The van der Waals surface area contributed by atoms with Crippen LogP contribution in [0.15, 0.2) is 84.9 Å². The van der Waals surface area contributed by atoms with Crippen molar-refractivity contribution in [2.45, 2.75) is 55.8 Å². The molecule has 6 N–H and O–H groups in total. The number of benzene rings is 3. The van der Waals surface area contributed by atoms with Crippen molar-refractivity contribution >= 4 is 48.2 Å². The summed E-state index contributed by atoms with van der Waals surface area (Å²) in [6.45, 7) is 0.287. The number of rotatable bonds is 16. The summed E-state index contributed by atoms with van der Waals surface area (Å²) in [7, 11) is 0. The number of amides is 4. The number of likely N-dealkylation sites (tertiary alicyclic amines) is 1. The number of carbonyl (C=O) groups excluding carboxylic acids is 4. The predicted molar refractivity (Wildman–Crippen MR) is 185 cm³/mol. The summed E-state index contributed by atoms with van der Waals surface area (Å²) in [5, 5.41) is 37.0. The highest BCUT2D eigenvalue weighted by molar-refractivity contribution is 7.80. The number of carboxylic acids is 2. The molecule has 0 unspecified atom stereocenters. The maximum Gasteiger partial charge on any atom is 0.335 e. The monoisotopic (exact) mass is 704 g/mol. The first-order chi connectivity index (χ1) is 24.0.